The first-order valence-electron chi connectivity index (χ1n) is 6.17. The minimum Gasteiger partial charge on any atom is -0.347 e. The summed E-state index contributed by atoms with van der Waals surface area (Å²) >= 11 is 0. The van der Waals surface area contributed by atoms with Crippen molar-refractivity contribution in [2.24, 2.45) is 0 Å². The monoisotopic (exact) mass is 252 g/mol. The number of rotatable bonds is 4. The number of aryl methyl sites for hydroxylation is 1. The molecular formula is C16H16N2O. The van der Waals surface area contributed by atoms with Crippen molar-refractivity contribution in [3.63, 3.8) is 0 Å². The first kappa shape index (κ1) is 13.0. The van der Waals surface area contributed by atoms with Crippen molar-refractivity contribution in [2.75, 3.05) is 0 Å². The van der Waals surface area contributed by atoms with Crippen LogP contribution in [0.1, 0.15) is 16.8 Å². The van der Waals surface area contributed by atoms with E-state index in [4.69, 9.17) is 0 Å². The smallest absolute Gasteiger partial charge is 0.244 e. The van der Waals surface area contributed by atoms with Crippen molar-refractivity contribution in [3.05, 3.63) is 71.6 Å². The largest absolute Gasteiger partial charge is 0.347 e. The van der Waals surface area contributed by atoms with Crippen molar-refractivity contribution >= 4 is 12.0 Å². The fourth-order valence-electron chi connectivity index (χ4n) is 1.68. The van der Waals surface area contributed by atoms with Gasteiger partial charge in [0.05, 0.1) is 12.2 Å². The zero-order chi connectivity index (χ0) is 13.5. The predicted octanol–water partition coefficient (Wildman–Crippen LogP) is 2.72. The number of hydrogen-bond acceptors (Lipinski definition) is 2. The van der Waals surface area contributed by atoms with Gasteiger partial charge in [0.1, 0.15) is 0 Å². The van der Waals surface area contributed by atoms with Crippen LogP contribution < -0.4 is 5.32 Å². The maximum absolute atomic E-state index is 11.7. The molecule has 3 nitrogen and oxygen atoms in total. The van der Waals surface area contributed by atoms with E-state index in [-0.39, 0.29) is 5.91 Å². The van der Waals surface area contributed by atoms with E-state index in [2.05, 4.69) is 10.3 Å². The van der Waals surface area contributed by atoms with Gasteiger partial charge in [-0.15, -0.1) is 0 Å². The number of hydrogen-bond donors (Lipinski definition) is 1. The Labute approximate surface area is 113 Å². The molecule has 96 valence electrons. The second-order valence-corrected chi connectivity index (χ2v) is 4.23. The van der Waals surface area contributed by atoms with E-state index >= 15 is 0 Å². The average molecular weight is 252 g/mol. The van der Waals surface area contributed by atoms with Gasteiger partial charge in [0.25, 0.3) is 0 Å². The van der Waals surface area contributed by atoms with E-state index in [1.807, 2.05) is 55.5 Å². The molecule has 0 aliphatic heterocycles. The van der Waals surface area contributed by atoms with Crippen LogP contribution in [0.2, 0.25) is 0 Å². The standard InChI is InChI=1S/C16H16N2O/c1-13-6-2-3-7-14(13)9-10-16(19)18-12-15-8-4-5-11-17-15/h2-11H,12H2,1H3,(H,18,19)/b10-9+. The van der Waals surface area contributed by atoms with Gasteiger partial charge in [-0.1, -0.05) is 30.3 Å². The maximum atomic E-state index is 11.7. The molecule has 0 saturated carbocycles. The van der Waals surface area contributed by atoms with Crippen molar-refractivity contribution in [1.82, 2.24) is 10.3 Å². The second-order valence-electron chi connectivity index (χ2n) is 4.23. The molecule has 0 atom stereocenters. The van der Waals surface area contributed by atoms with Crippen LogP contribution in [0.15, 0.2) is 54.7 Å². The van der Waals surface area contributed by atoms with E-state index in [1.54, 1.807) is 12.3 Å². The van der Waals surface area contributed by atoms with Crippen LogP contribution in [-0.4, -0.2) is 10.9 Å². The molecule has 1 N–H and O–H groups in total. The molecule has 0 radical (unpaired) electrons. The highest BCUT2D eigenvalue weighted by Crippen LogP contribution is 2.08. The van der Waals surface area contributed by atoms with E-state index < -0.39 is 0 Å². The lowest BCUT2D eigenvalue weighted by Crippen LogP contribution is -2.20. The first-order valence-corrected chi connectivity index (χ1v) is 6.17. The molecule has 3 heteroatoms. The van der Waals surface area contributed by atoms with Crippen LogP contribution in [0, 0.1) is 6.92 Å². The second kappa shape index (κ2) is 6.50. The third-order valence-electron chi connectivity index (χ3n) is 2.77. The van der Waals surface area contributed by atoms with Gasteiger partial charge in [-0.3, -0.25) is 9.78 Å². The van der Waals surface area contributed by atoms with E-state index in [0.29, 0.717) is 6.54 Å². The third-order valence-corrected chi connectivity index (χ3v) is 2.77. The number of carbonyl (C=O) groups excluding carboxylic acids is 1. The molecular weight excluding hydrogens is 236 g/mol. The molecule has 1 heterocycles. The van der Waals surface area contributed by atoms with Crippen LogP contribution in [0.25, 0.3) is 6.08 Å². The Balaban J connectivity index is 1.90. The molecule has 0 spiro atoms. The number of benzene rings is 1. The lowest BCUT2D eigenvalue weighted by Gasteiger charge is -2.01. The summed E-state index contributed by atoms with van der Waals surface area (Å²) in [6.07, 6.45) is 5.08. The minimum atomic E-state index is -0.117. The highest BCUT2D eigenvalue weighted by atomic mass is 16.1. The summed E-state index contributed by atoms with van der Waals surface area (Å²) in [6, 6.07) is 13.6. The van der Waals surface area contributed by atoms with Gasteiger partial charge in [-0.2, -0.15) is 0 Å². The number of nitrogens with zero attached hydrogens (tertiary/aromatic N) is 1. The van der Waals surface area contributed by atoms with Crippen LogP contribution >= 0.6 is 0 Å². The molecule has 0 fully saturated rings. The molecule has 1 amide bonds. The van der Waals surface area contributed by atoms with E-state index in [9.17, 15) is 4.79 Å². The number of aromatic nitrogens is 1. The topological polar surface area (TPSA) is 42.0 Å². The van der Waals surface area contributed by atoms with Gasteiger partial charge < -0.3 is 5.32 Å². The Morgan fingerprint density at radius 2 is 2.00 bits per heavy atom. The Bertz CT molecular complexity index is 576. The summed E-state index contributed by atoms with van der Waals surface area (Å²) in [7, 11) is 0. The Hall–Kier alpha value is -2.42. The highest BCUT2D eigenvalue weighted by Gasteiger charge is 1.97. The van der Waals surface area contributed by atoms with Gasteiger partial charge in [0.2, 0.25) is 5.91 Å². The number of carbonyl (C=O) groups is 1. The molecule has 1 aromatic carbocycles. The van der Waals surface area contributed by atoms with Gasteiger partial charge in [-0.25, -0.2) is 0 Å². The SMILES string of the molecule is Cc1ccccc1/C=C/C(=O)NCc1ccccn1. The van der Waals surface area contributed by atoms with Crippen LogP contribution in [0.4, 0.5) is 0 Å². The van der Waals surface area contributed by atoms with E-state index in [1.165, 1.54) is 0 Å². The Kier molecular flexibility index (Phi) is 4.45. The van der Waals surface area contributed by atoms with Gasteiger partial charge in [0, 0.05) is 12.3 Å². The summed E-state index contributed by atoms with van der Waals surface area (Å²) in [4.78, 5) is 15.8. The minimum absolute atomic E-state index is 0.117. The van der Waals surface area contributed by atoms with Crippen molar-refractivity contribution in [3.8, 4) is 0 Å². The molecule has 0 aliphatic carbocycles. The molecule has 0 saturated heterocycles. The lowest BCUT2D eigenvalue weighted by molar-refractivity contribution is -0.116. The highest BCUT2D eigenvalue weighted by molar-refractivity contribution is 5.91. The maximum Gasteiger partial charge on any atom is 0.244 e. The quantitative estimate of drug-likeness (QED) is 0.850. The number of nitrogens with one attached hydrogen (secondary N) is 1. The number of amides is 1. The fraction of sp³-hybridized carbons (Fsp3) is 0.125. The van der Waals surface area contributed by atoms with E-state index in [0.717, 1.165) is 16.8 Å². The Morgan fingerprint density at radius 1 is 1.21 bits per heavy atom. The normalized spacial score (nSPS) is 10.6. The molecule has 2 rings (SSSR count). The summed E-state index contributed by atoms with van der Waals surface area (Å²) in [5.74, 6) is -0.117. The Morgan fingerprint density at radius 3 is 2.74 bits per heavy atom. The molecule has 0 bridgehead atoms. The summed E-state index contributed by atoms with van der Waals surface area (Å²) in [5.41, 5.74) is 3.05. The van der Waals surface area contributed by atoms with Crippen LogP contribution in [0.3, 0.4) is 0 Å². The van der Waals surface area contributed by atoms with Gasteiger partial charge in [0.15, 0.2) is 0 Å². The summed E-state index contributed by atoms with van der Waals surface area (Å²) < 4.78 is 0. The molecule has 2 aromatic rings. The van der Waals surface area contributed by atoms with Crippen molar-refractivity contribution in [2.45, 2.75) is 13.5 Å². The van der Waals surface area contributed by atoms with Crippen molar-refractivity contribution in [1.29, 1.82) is 0 Å². The molecule has 0 unspecified atom stereocenters. The van der Waals surface area contributed by atoms with Gasteiger partial charge >= 0.3 is 0 Å². The number of pyridine rings is 1. The average Bonchev–Trinajstić information content (AvgIpc) is 2.45. The summed E-state index contributed by atoms with van der Waals surface area (Å²) in [5, 5.41) is 2.80. The summed E-state index contributed by atoms with van der Waals surface area (Å²) in [6.45, 7) is 2.46. The predicted molar refractivity (Wildman–Crippen MR) is 76.3 cm³/mol. The third kappa shape index (κ3) is 4.07. The van der Waals surface area contributed by atoms with Crippen LogP contribution in [0.5, 0.6) is 0 Å². The fourth-order valence-corrected chi connectivity index (χ4v) is 1.68. The zero-order valence-corrected chi connectivity index (χ0v) is 10.8. The molecule has 0 aliphatic rings. The lowest BCUT2D eigenvalue weighted by atomic mass is 10.1. The van der Waals surface area contributed by atoms with Crippen LogP contribution in [-0.2, 0) is 11.3 Å². The van der Waals surface area contributed by atoms with Crippen molar-refractivity contribution < 1.29 is 4.79 Å². The first-order chi connectivity index (χ1) is 9.25. The zero-order valence-electron chi connectivity index (χ0n) is 10.8. The van der Waals surface area contributed by atoms with Gasteiger partial charge in [-0.05, 0) is 36.3 Å². The molecule has 1 aromatic heterocycles. The molecule has 19 heavy (non-hydrogen) atoms.